The molecule has 0 radical (unpaired) electrons. The van der Waals surface area contributed by atoms with Gasteiger partial charge in [0.15, 0.2) is 0 Å². The molecule has 0 aromatic heterocycles. The van der Waals surface area contributed by atoms with Gasteiger partial charge < -0.3 is 10.8 Å². The Labute approximate surface area is 121 Å². The van der Waals surface area contributed by atoms with Crippen molar-refractivity contribution in [2.75, 3.05) is 0 Å². The van der Waals surface area contributed by atoms with E-state index in [1.165, 1.54) is 6.42 Å². The highest BCUT2D eigenvalue weighted by molar-refractivity contribution is 9.10. The number of hydrogen-bond donors (Lipinski definition) is 2. The Hall–Kier alpha value is 0.200. The maximum absolute atomic E-state index is 10.1. The van der Waals surface area contributed by atoms with Gasteiger partial charge in [0.05, 0.1) is 12.1 Å². The van der Waals surface area contributed by atoms with E-state index < -0.39 is 6.10 Å². The molecule has 96 valence electrons. The van der Waals surface area contributed by atoms with Crippen molar-refractivity contribution in [3.05, 3.63) is 33.3 Å². The average Bonchev–Trinajstić information content (AvgIpc) is 2.18. The molecule has 0 saturated heterocycles. The van der Waals surface area contributed by atoms with Crippen LogP contribution in [0.4, 0.5) is 0 Å². The van der Waals surface area contributed by atoms with E-state index in [9.17, 15) is 5.11 Å². The van der Waals surface area contributed by atoms with Gasteiger partial charge in [-0.1, -0.05) is 34.0 Å². The summed E-state index contributed by atoms with van der Waals surface area (Å²) < 4.78 is 0.905. The third kappa shape index (κ3) is 3.36. The maximum Gasteiger partial charge on any atom is 0.0761 e. The fourth-order valence-electron chi connectivity index (χ4n) is 2.03. The fourth-order valence-corrected chi connectivity index (χ4v) is 2.72. The van der Waals surface area contributed by atoms with Crippen molar-refractivity contribution < 1.29 is 5.11 Å². The molecule has 0 aliphatic heterocycles. The lowest BCUT2D eigenvalue weighted by Gasteiger charge is -2.34. The van der Waals surface area contributed by atoms with Gasteiger partial charge in [-0.15, -0.1) is 12.4 Å². The van der Waals surface area contributed by atoms with Crippen molar-refractivity contribution in [2.45, 2.75) is 31.4 Å². The van der Waals surface area contributed by atoms with Crippen LogP contribution in [-0.4, -0.2) is 11.2 Å². The molecule has 1 aromatic carbocycles. The van der Waals surface area contributed by atoms with Crippen LogP contribution in [0, 0.1) is 5.92 Å². The minimum absolute atomic E-state index is 0. The minimum atomic E-state index is -0.469. The first-order chi connectivity index (χ1) is 7.59. The topological polar surface area (TPSA) is 46.2 Å². The summed E-state index contributed by atoms with van der Waals surface area (Å²) in [6, 6.07) is 5.12. The van der Waals surface area contributed by atoms with E-state index in [1.54, 1.807) is 6.07 Å². The molecule has 1 aliphatic rings. The first-order valence-electron chi connectivity index (χ1n) is 5.48. The van der Waals surface area contributed by atoms with Gasteiger partial charge in [0.1, 0.15) is 0 Å². The predicted molar refractivity (Wildman–Crippen MR) is 76.7 cm³/mol. The number of aliphatic hydroxyl groups is 1. The van der Waals surface area contributed by atoms with Gasteiger partial charge in [-0.25, -0.2) is 0 Å². The smallest absolute Gasteiger partial charge is 0.0761 e. The van der Waals surface area contributed by atoms with E-state index in [0.29, 0.717) is 10.9 Å². The van der Waals surface area contributed by atoms with E-state index in [2.05, 4.69) is 15.9 Å². The third-order valence-corrected chi connectivity index (χ3v) is 4.28. The van der Waals surface area contributed by atoms with Gasteiger partial charge in [-0.3, -0.25) is 0 Å². The molecule has 2 rings (SSSR count). The molecule has 3 N–H and O–H groups in total. The second kappa shape index (κ2) is 6.39. The zero-order chi connectivity index (χ0) is 11.7. The molecule has 1 aliphatic carbocycles. The summed E-state index contributed by atoms with van der Waals surface area (Å²) in [5.41, 5.74) is 6.96. The standard InChI is InChI=1S/C12H15BrClNO.ClH/c13-10-5-4-8(14)6-9(10)11(15)12(16)7-2-1-3-7;/h4-7,11-12,16H,1-3,15H2;1H/t11-,12+;/m1./s1. The monoisotopic (exact) mass is 339 g/mol. The Morgan fingerprint density at radius 1 is 1.41 bits per heavy atom. The summed E-state index contributed by atoms with van der Waals surface area (Å²) in [4.78, 5) is 0. The Morgan fingerprint density at radius 3 is 2.59 bits per heavy atom. The van der Waals surface area contributed by atoms with Crippen molar-refractivity contribution in [2.24, 2.45) is 11.7 Å². The predicted octanol–water partition coefficient (Wildman–Crippen LogP) is 3.69. The fraction of sp³-hybridized carbons (Fsp3) is 0.500. The van der Waals surface area contributed by atoms with Gasteiger partial charge in [0.2, 0.25) is 0 Å². The second-order valence-corrected chi connectivity index (χ2v) is 5.66. The normalized spacial score (nSPS) is 19.1. The van der Waals surface area contributed by atoms with Crippen LogP contribution in [0.3, 0.4) is 0 Å². The highest BCUT2D eigenvalue weighted by Crippen LogP contribution is 2.36. The molecule has 0 amide bonds. The van der Waals surface area contributed by atoms with E-state index in [0.717, 1.165) is 22.9 Å². The van der Waals surface area contributed by atoms with Crippen LogP contribution in [0.2, 0.25) is 5.02 Å². The van der Waals surface area contributed by atoms with Gasteiger partial charge in [0.25, 0.3) is 0 Å². The van der Waals surface area contributed by atoms with E-state index in [4.69, 9.17) is 17.3 Å². The molecule has 2 atom stereocenters. The molecule has 2 nitrogen and oxygen atoms in total. The van der Waals surface area contributed by atoms with Crippen LogP contribution in [0.25, 0.3) is 0 Å². The molecular weight excluding hydrogens is 325 g/mol. The van der Waals surface area contributed by atoms with Gasteiger partial charge >= 0.3 is 0 Å². The van der Waals surface area contributed by atoms with Gasteiger partial charge in [-0.2, -0.15) is 0 Å². The van der Waals surface area contributed by atoms with Crippen molar-refractivity contribution in [1.82, 2.24) is 0 Å². The lowest BCUT2D eigenvalue weighted by Crippen LogP contribution is -2.36. The average molecular weight is 341 g/mol. The number of benzene rings is 1. The molecule has 0 unspecified atom stereocenters. The quantitative estimate of drug-likeness (QED) is 0.881. The Bertz CT molecular complexity index is 385. The van der Waals surface area contributed by atoms with Crippen LogP contribution in [-0.2, 0) is 0 Å². The van der Waals surface area contributed by atoms with Crippen LogP contribution in [0.5, 0.6) is 0 Å². The SMILES string of the molecule is Cl.N[C@H](c1cc(Cl)ccc1Br)[C@@H](O)C1CCC1. The van der Waals surface area contributed by atoms with Crippen molar-refractivity contribution in [1.29, 1.82) is 0 Å². The van der Waals surface area contributed by atoms with E-state index in [-0.39, 0.29) is 18.4 Å². The van der Waals surface area contributed by atoms with E-state index in [1.807, 2.05) is 12.1 Å². The van der Waals surface area contributed by atoms with Crippen molar-refractivity contribution in [3.63, 3.8) is 0 Å². The summed E-state index contributed by atoms with van der Waals surface area (Å²) in [5, 5.41) is 10.8. The Kier molecular flexibility index (Phi) is 5.74. The molecule has 0 bridgehead atoms. The number of rotatable bonds is 3. The maximum atomic E-state index is 10.1. The van der Waals surface area contributed by atoms with Crippen molar-refractivity contribution >= 4 is 39.9 Å². The number of aliphatic hydroxyl groups excluding tert-OH is 1. The Balaban J connectivity index is 0.00000144. The summed E-state index contributed by atoms with van der Waals surface area (Å²) in [7, 11) is 0. The minimum Gasteiger partial charge on any atom is -0.391 e. The summed E-state index contributed by atoms with van der Waals surface area (Å²) in [5.74, 6) is 0.348. The Morgan fingerprint density at radius 2 is 2.06 bits per heavy atom. The first kappa shape index (κ1) is 15.3. The van der Waals surface area contributed by atoms with Crippen molar-refractivity contribution in [3.8, 4) is 0 Å². The number of hydrogen-bond acceptors (Lipinski definition) is 2. The molecule has 5 heteroatoms. The molecule has 1 fully saturated rings. The van der Waals surface area contributed by atoms with Crippen LogP contribution in [0.1, 0.15) is 30.9 Å². The van der Waals surface area contributed by atoms with Gasteiger partial charge in [0, 0.05) is 9.50 Å². The lowest BCUT2D eigenvalue weighted by atomic mass is 9.77. The van der Waals surface area contributed by atoms with Crippen LogP contribution >= 0.6 is 39.9 Å². The highest BCUT2D eigenvalue weighted by atomic mass is 79.9. The summed E-state index contributed by atoms with van der Waals surface area (Å²) in [6.45, 7) is 0. The first-order valence-corrected chi connectivity index (χ1v) is 6.65. The molecule has 0 spiro atoms. The summed E-state index contributed by atoms with van der Waals surface area (Å²) >= 11 is 9.37. The third-order valence-electron chi connectivity index (χ3n) is 3.32. The largest absolute Gasteiger partial charge is 0.391 e. The van der Waals surface area contributed by atoms with Gasteiger partial charge in [-0.05, 0) is 42.5 Å². The zero-order valence-corrected chi connectivity index (χ0v) is 12.4. The molecule has 17 heavy (non-hydrogen) atoms. The van der Waals surface area contributed by atoms with Crippen LogP contribution in [0.15, 0.2) is 22.7 Å². The summed E-state index contributed by atoms with van der Waals surface area (Å²) in [6.07, 6.45) is 2.88. The lowest BCUT2D eigenvalue weighted by molar-refractivity contribution is 0.0412. The molecule has 0 heterocycles. The van der Waals surface area contributed by atoms with Crippen LogP contribution < -0.4 is 5.73 Å². The molecule has 1 saturated carbocycles. The van der Waals surface area contributed by atoms with E-state index >= 15 is 0 Å². The molecular formula is C12H16BrCl2NO. The highest BCUT2D eigenvalue weighted by Gasteiger charge is 2.31. The second-order valence-electron chi connectivity index (χ2n) is 4.37. The molecule has 1 aromatic rings. The number of halogens is 3. The zero-order valence-electron chi connectivity index (χ0n) is 9.27. The number of nitrogens with two attached hydrogens (primary N) is 1.